The van der Waals surface area contributed by atoms with Gasteiger partial charge in [0, 0.05) is 12.7 Å². The van der Waals surface area contributed by atoms with E-state index >= 15 is 0 Å². The zero-order valence-corrected chi connectivity index (χ0v) is 12.6. The summed E-state index contributed by atoms with van der Waals surface area (Å²) < 4.78 is 5.91. The standard InChI is InChI=1S/C12H11ClIN3O/c1-18-6-9-10(14)11(15)17-12(16-9)7-4-2-3-5-8(7)13/h2-5H,6H2,1H3,(H2,15,16,17). The lowest BCUT2D eigenvalue weighted by Gasteiger charge is -2.09. The van der Waals surface area contributed by atoms with Gasteiger partial charge in [-0.1, -0.05) is 23.7 Å². The van der Waals surface area contributed by atoms with Gasteiger partial charge in [0.05, 0.1) is 20.9 Å². The molecular formula is C12H11ClIN3O. The second-order valence-electron chi connectivity index (χ2n) is 3.61. The molecule has 1 heterocycles. The van der Waals surface area contributed by atoms with Crippen LogP contribution in [-0.4, -0.2) is 17.1 Å². The number of anilines is 1. The minimum atomic E-state index is 0.391. The Kier molecular flexibility index (Phi) is 4.36. The van der Waals surface area contributed by atoms with Gasteiger partial charge in [-0.15, -0.1) is 0 Å². The van der Waals surface area contributed by atoms with Crippen molar-refractivity contribution in [1.82, 2.24) is 9.97 Å². The van der Waals surface area contributed by atoms with Gasteiger partial charge in [0.1, 0.15) is 5.82 Å². The molecule has 1 aromatic heterocycles. The van der Waals surface area contributed by atoms with Crippen LogP contribution in [0.15, 0.2) is 24.3 Å². The quantitative estimate of drug-likeness (QED) is 0.837. The van der Waals surface area contributed by atoms with Crippen molar-refractivity contribution in [3.63, 3.8) is 0 Å². The van der Waals surface area contributed by atoms with Crippen LogP contribution < -0.4 is 5.73 Å². The average Bonchev–Trinajstić information content (AvgIpc) is 2.35. The summed E-state index contributed by atoms with van der Waals surface area (Å²) in [6.45, 7) is 0.391. The van der Waals surface area contributed by atoms with Crippen LogP contribution in [0.2, 0.25) is 5.02 Å². The van der Waals surface area contributed by atoms with Gasteiger partial charge in [0.2, 0.25) is 0 Å². The molecule has 0 radical (unpaired) electrons. The highest BCUT2D eigenvalue weighted by Gasteiger charge is 2.13. The molecule has 0 unspecified atom stereocenters. The van der Waals surface area contributed by atoms with Crippen LogP contribution in [0.5, 0.6) is 0 Å². The number of halogens is 2. The zero-order chi connectivity index (χ0) is 13.1. The third kappa shape index (κ3) is 2.73. The van der Waals surface area contributed by atoms with Gasteiger partial charge < -0.3 is 10.5 Å². The Bertz CT molecular complexity index is 577. The van der Waals surface area contributed by atoms with Crippen LogP contribution in [0.1, 0.15) is 5.69 Å². The minimum Gasteiger partial charge on any atom is -0.383 e. The van der Waals surface area contributed by atoms with Gasteiger partial charge in [-0.2, -0.15) is 0 Å². The number of hydrogen-bond donors (Lipinski definition) is 1. The molecular weight excluding hydrogens is 365 g/mol. The molecule has 1 aromatic carbocycles. The van der Waals surface area contributed by atoms with E-state index in [2.05, 4.69) is 32.6 Å². The molecule has 0 atom stereocenters. The molecule has 2 aromatic rings. The van der Waals surface area contributed by atoms with Crippen LogP contribution in [0.3, 0.4) is 0 Å². The van der Waals surface area contributed by atoms with E-state index in [1.165, 1.54) is 0 Å². The van der Waals surface area contributed by atoms with E-state index in [-0.39, 0.29) is 0 Å². The van der Waals surface area contributed by atoms with Crippen LogP contribution in [0.4, 0.5) is 5.82 Å². The van der Waals surface area contributed by atoms with E-state index in [0.29, 0.717) is 23.3 Å². The molecule has 0 fully saturated rings. The van der Waals surface area contributed by atoms with E-state index < -0.39 is 0 Å². The largest absolute Gasteiger partial charge is 0.383 e. The fourth-order valence-corrected chi connectivity index (χ4v) is 2.13. The van der Waals surface area contributed by atoms with Gasteiger partial charge in [-0.25, -0.2) is 9.97 Å². The molecule has 0 saturated carbocycles. The second-order valence-corrected chi connectivity index (χ2v) is 5.09. The Morgan fingerprint density at radius 1 is 1.33 bits per heavy atom. The summed E-state index contributed by atoms with van der Waals surface area (Å²) in [7, 11) is 1.61. The lowest BCUT2D eigenvalue weighted by atomic mass is 10.2. The molecule has 6 heteroatoms. The number of aromatic nitrogens is 2. The normalized spacial score (nSPS) is 10.6. The number of ether oxygens (including phenoxy) is 1. The molecule has 18 heavy (non-hydrogen) atoms. The third-order valence-corrected chi connectivity index (χ3v) is 3.85. The first-order valence-corrected chi connectivity index (χ1v) is 6.65. The Labute approximate surface area is 124 Å². The molecule has 0 aliphatic rings. The number of nitrogen functional groups attached to an aromatic ring is 1. The average molecular weight is 376 g/mol. The lowest BCUT2D eigenvalue weighted by molar-refractivity contribution is 0.181. The SMILES string of the molecule is COCc1nc(-c2ccccc2Cl)nc(N)c1I. The molecule has 4 nitrogen and oxygen atoms in total. The molecule has 94 valence electrons. The van der Waals surface area contributed by atoms with E-state index in [4.69, 9.17) is 22.1 Å². The van der Waals surface area contributed by atoms with E-state index in [0.717, 1.165) is 14.8 Å². The fraction of sp³-hybridized carbons (Fsp3) is 0.167. The van der Waals surface area contributed by atoms with E-state index in [1.807, 2.05) is 18.2 Å². The first-order chi connectivity index (χ1) is 8.63. The number of nitrogens with zero attached hydrogens (tertiary/aromatic N) is 2. The number of nitrogens with two attached hydrogens (primary N) is 1. The van der Waals surface area contributed by atoms with E-state index in [9.17, 15) is 0 Å². The number of hydrogen-bond acceptors (Lipinski definition) is 4. The molecule has 0 aliphatic carbocycles. The molecule has 0 spiro atoms. The maximum Gasteiger partial charge on any atom is 0.163 e. The van der Waals surface area contributed by atoms with Crippen molar-refractivity contribution in [2.24, 2.45) is 0 Å². The Morgan fingerprint density at radius 2 is 2.06 bits per heavy atom. The highest BCUT2D eigenvalue weighted by molar-refractivity contribution is 14.1. The Hall–Kier alpha value is -0.920. The number of benzene rings is 1. The summed E-state index contributed by atoms with van der Waals surface area (Å²) in [5.41, 5.74) is 7.41. The fourth-order valence-electron chi connectivity index (χ4n) is 1.51. The van der Waals surface area contributed by atoms with Crippen molar-refractivity contribution in [3.8, 4) is 11.4 Å². The number of methoxy groups -OCH3 is 1. The third-order valence-electron chi connectivity index (χ3n) is 2.34. The molecule has 0 saturated heterocycles. The summed E-state index contributed by atoms with van der Waals surface area (Å²) in [5.74, 6) is 0.957. The predicted octanol–water partition coefficient (Wildman–Crippen LogP) is 3.13. The molecule has 0 bridgehead atoms. The highest BCUT2D eigenvalue weighted by Crippen LogP contribution is 2.27. The molecule has 2 rings (SSSR count). The predicted molar refractivity (Wildman–Crippen MR) is 80.3 cm³/mol. The molecule has 0 amide bonds. The van der Waals surface area contributed by atoms with Crippen LogP contribution in [-0.2, 0) is 11.3 Å². The molecule has 0 aliphatic heterocycles. The Morgan fingerprint density at radius 3 is 2.72 bits per heavy atom. The summed E-state index contributed by atoms with van der Waals surface area (Å²) >= 11 is 8.24. The maximum atomic E-state index is 6.13. The highest BCUT2D eigenvalue weighted by atomic mass is 127. The van der Waals surface area contributed by atoms with E-state index in [1.54, 1.807) is 13.2 Å². The van der Waals surface area contributed by atoms with Gasteiger partial charge in [-0.3, -0.25) is 0 Å². The van der Waals surface area contributed by atoms with Crippen molar-refractivity contribution < 1.29 is 4.74 Å². The molecule has 2 N–H and O–H groups in total. The minimum absolute atomic E-state index is 0.391. The first-order valence-electron chi connectivity index (χ1n) is 5.19. The van der Waals surface area contributed by atoms with Gasteiger partial charge in [0.15, 0.2) is 5.82 Å². The van der Waals surface area contributed by atoms with Crippen LogP contribution >= 0.6 is 34.2 Å². The second kappa shape index (κ2) is 5.81. The maximum absolute atomic E-state index is 6.13. The summed E-state index contributed by atoms with van der Waals surface area (Å²) in [6.07, 6.45) is 0. The van der Waals surface area contributed by atoms with Gasteiger partial charge >= 0.3 is 0 Å². The van der Waals surface area contributed by atoms with Crippen LogP contribution in [0, 0.1) is 3.57 Å². The Balaban J connectivity index is 2.56. The monoisotopic (exact) mass is 375 g/mol. The lowest BCUT2D eigenvalue weighted by Crippen LogP contribution is -2.06. The van der Waals surface area contributed by atoms with Crippen molar-refractivity contribution in [2.45, 2.75) is 6.61 Å². The van der Waals surface area contributed by atoms with Crippen LogP contribution in [0.25, 0.3) is 11.4 Å². The first kappa shape index (κ1) is 13.5. The zero-order valence-electron chi connectivity index (χ0n) is 9.65. The summed E-state index contributed by atoms with van der Waals surface area (Å²) in [6, 6.07) is 7.40. The summed E-state index contributed by atoms with van der Waals surface area (Å²) in [4.78, 5) is 8.71. The number of rotatable bonds is 3. The topological polar surface area (TPSA) is 61.0 Å². The van der Waals surface area contributed by atoms with Gasteiger partial charge in [0.25, 0.3) is 0 Å². The van der Waals surface area contributed by atoms with Gasteiger partial charge in [-0.05, 0) is 34.7 Å². The van der Waals surface area contributed by atoms with Crippen molar-refractivity contribution in [3.05, 3.63) is 38.6 Å². The van der Waals surface area contributed by atoms with Crippen molar-refractivity contribution in [2.75, 3.05) is 12.8 Å². The van der Waals surface area contributed by atoms with Crippen molar-refractivity contribution >= 4 is 40.0 Å². The van der Waals surface area contributed by atoms with Crippen molar-refractivity contribution in [1.29, 1.82) is 0 Å². The summed E-state index contributed by atoms with van der Waals surface area (Å²) in [5, 5.41) is 0.599. The smallest absolute Gasteiger partial charge is 0.163 e.